The second-order valence-electron chi connectivity index (χ2n) is 5.43. The van der Waals surface area contributed by atoms with Gasteiger partial charge in [0.15, 0.2) is 0 Å². The number of nitrogens with zero attached hydrogens (tertiary/aromatic N) is 4. The van der Waals surface area contributed by atoms with E-state index in [9.17, 15) is 0 Å². The summed E-state index contributed by atoms with van der Waals surface area (Å²) >= 11 is 0. The average molecular weight is 279 g/mol. The van der Waals surface area contributed by atoms with Gasteiger partial charge in [-0.3, -0.25) is 9.25 Å². The fourth-order valence-electron chi connectivity index (χ4n) is 2.88. The van der Waals surface area contributed by atoms with Crippen molar-refractivity contribution in [2.75, 3.05) is 6.54 Å². The summed E-state index contributed by atoms with van der Waals surface area (Å²) in [7, 11) is 1.93. The van der Waals surface area contributed by atoms with Crippen molar-refractivity contribution in [2.24, 2.45) is 7.05 Å². The molecule has 1 aliphatic heterocycles. The molecule has 3 aromatic rings. The van der Waals surface area contributed by atoms with E-state index in [2.05, 4.69) is 38.2 Å². The van der Waals surface area contributed by atoms with Crippen molar-refractivity contribution < 1.29 is 0 Å². The van der Waals surface area contributed by atoms with Crippen LogP contribution in [0.2, 0.25) is 0 Å². The minimum atomic E-state index is 0.945. The van der Waals surface area contributed by atoms with Crippen molar-refractivity contribution in [2.45, 2.75) is 13.0 Å². The topological polar surface area (TPSA) is 47.7 Å². The number of hydrogen-bond donors (Lipinski definition) is 1. The van der Waals surface area contributed by atoms with E-state index < -0.39 is 0 Å². The lowest BCUT2D eigenvalue weighted by atomic mass is 10.0. The smallest absolute Gasteiger partial charge is 0.0997 e. The quantitative estimate of drug-likeness (QED) is 0.779. The molecule has 21 heavy (non-hydrogen) atoms. The van der Waals surface area contributed by atoms with Gasteiger partial charge in [0, 0.05) is 31.0 Å². The molecule has 0 atom stereocenters. The molecule has 1 aromatic carbocycles. The third kappa shape index (κ3) is 2.15. The summed E-state index contributed by atoms with van der Waals surface area (Å²) in [6, 6.07) is 6.66. The van der Waals surface area contributed by atoms with Crippen LogP contribution in [0.4, 0.5) is 0 Å². The number of aromatic nitrogens is 4. The highest BCUT2D eigenvalue weighted by atomic mass is 15.2. The zero-order valence-corrected chi connectivity index (χ0v) is 12.0. The molecule has 2 aromatic heterocycles. The Labute approximate surface area is 123 Å². The molecule has 106 valence electrons. The van der Waals surface area contributed by atoms with Crippen LogP contribution in [-0.2, 0) is 20.0 Å². The predicted octanol–water partition coefficient (Wildman–Crippen LogP) is 1.92. The van der Waals surface area contributed by atoms with Crippen LogP contribution in [0.3, 0.4) is 0 Å². The highest BCUT2D eigenvalue weighted by Gasteiger charge is 2.12. The summed E-state index contributed by atoms with van der Waals surface area (Å²) in [5.41, 5.74) is 6.11. The Morgan fingerprint density at radius 1 is 1.19 bits per heavy atom. The normalized spacial score (nSPS) is 14.1. The minimum absolute atomic E-state index is 0.945. The monoisotopic (exact) mass is 279 g/mol. The van der Waals surface area contributed by atoms with E-state index in [0.717, 1.165) is 36.5 Å². The van der Waals surface area contributed by atoms with Gasteiger partial charge in [-0.15, -0.1) is 0 Å². The molecule has 0 unspecified atom stereocenters. The summed E-state index contributed by atoms with van der Waals surface area (Å²) in [6.07, 6.45) is 8.73. The molecule has 0 amide bonds. The lowest BCUT2D eigenvalue weighted by molar-refractivity contribution is 0.643. The Morgan fingerprint density at radius 2 is 2.14 bits per heavy atom. The third-order valence-electron chi connectivity index (χ3n) is 3.99. The molecular formula is C16H17N5. The zero-order valence-electron chi connectivity index (χ0n) is 12.0. The van der Waals surface area contributed by atoms with Crippen LogP contribution in [0, 0.1) is 0 Å². The Hall–Kier alpha value is -2.40. The molecule has 0 saturated heterocycles. The number of nitrogens with one attached hydrogen (secondary N) is 1. The number of benzene rings is 1. The van der Waals surface area contributed by atoms with Gasteiger partial charge in [-0.05, 0) is 36.2 Å². The van der Waals surface area contributed by atoms with Crippen LogP contribution in [0.25, 0.3) is 16.9 Å². The van der Waals surface area contributed by atoms with Crippen LogP contribution in [0.1, 0.15) is 11.1 Å². The van der Waals surface area contributed by atoms with Gasteiger partial charge in [-0.25, -0.2) is 4.98 Å². The van der Waals surface area contributed by atoms with Gasteiger partial charge in [0.1, 0.15) is 0 Å². The van der Waals surface area contributed by atoms with Crippen LogP contribution >= 0.6 is 0 Å². The van der Waals surface area contributed by atoms with E-state index in [-0.39, 0.29) is 0 Å². The SMILES string of the molecule is Cn1cc(-c2cncn2-c2ccc3c(c2)CNCC3)cn1. The first-order valence-electron chi connectivity index (χ1n) is 7.15. The van der Waals surface area contributed by atoms with E-state index in [0.29, 0.717) is 0 Å². The Bertz CT molecular complexity index is 784. The lowest BCUT2D eigenvalue weighted by Crippen LogP contribution is -2.23. The van der Waals surface area contributed by atoms with Gasteiger partial charge in [0.05, 0.1) is 24.4 Å². The van der Waals surface area contributed by atoms with Crippen molar-refractivity contribution in [3.63, 3.8) is 0 Å². The van der Waals surface area contributed by atoms with Gasteiger partial charge in [-0.2, -0.15) is 5.10 Å². The van der Waals surface area contributed by atoms with Crippen molar-refractivity contribution >= 4 is 0 Å². The summed E-state index contributed by atoms with van der Waals surface area (Å²) in [5.74, 6) is 0. The third-order valence-corrected chi connectivity index (χ3v) is 3.99. The predicted molar refractivity (Wildman–Crippen MR) is 81.2 cm³/mol. The van der Waals surface area contributed by atoms with Crippen LogP contribution in [0.15, 0.2) is 43.1 Å². The van der Waals surface area contributed by atoms with Crippen LogP contribution < -0.4 is 5.32 Å². The molecule has 1 aliphatic rings. The Balaban J connectivity index is 1.79. The largest absolute Gasteiger partial charge is 0.312 e. The first-order chi connectivity index (χ1) is 10.3. The van der Waals surface area contributed by atoms with Gasteiger partial charge in [-0.1, -0.05) is 6.07 Å². The molecule has 0 saturated carbocycles. The minimum Gasteiger partial charge on any atom is -0.312 e. The molecule has 0 fully saturated rings. The van der Waals surface area contributed by atoms with Gasteiger partial charge in [0.2, 0.25) is 0 Å². The fourth-order valence-corrected chi connectivity index (χ4v) is 2.88. The van der Waals surface area contributed by atoms with Crippen LogP contribution in [0.5, 0.6) is 0 Å². The highest BCUT2D eigenvalue weighted by Crippen LogP contribution is 2.24. The van der Waals surface area contributed by atoms with Gasteiger partial charge < -0.3 is 5.32 Å². The number of fused-ring (bicyclic) bond motifs is 1. The molecule has 1 N–H and O–H groups in total. The van der Waals surface area contributed by atoms with E-state index in [4.69, 9.17) is 0 Å². The van der Waals surface area contributed by atoms with Crippen molar-refractivity contribution in [1.82, 2.24) is 24.6 Å². The highest BCUT2D eigenvalue weighted by molar-refractivity contribution is 5.60. The van der Waals surface area contributed by atoms with E-state index in [1.165, 1.54) is 11.1 Å². The Morgan fingerprint density at radius 3 is 3.00 bits per heavy atom. The summed E-state index contributed by atoms with van der Waals surface area (Å²) in [4.78, 5) is 4.31. The maximum absolute atomic E-state index is 4.31. The molecule has 0 aliphatic carbocycles. The second-order valence-corrected chi connectivity index (χ2v) is 5.43. The fraction of sp³-hybridized carbons (Fsp3) is 0.250. The number of imidazole rings is 1. The average Bonchev–Trinajstić information content (AvgIpc) is 3.15. The zero-order chi connectivity index (χ0) is 14.2. The molecule has 0 spiro atoms. The molecule has 5 heteroatoms. The number of hydrogen-bond acceptors (Lipinski definition) is 3. The van der Waals surface area contributed by atoms with Crippen molar-refractivity contribution in [3.05, 3.63) is 54.2 Å². The lowest BCUT2D eigenvalue weighted by Gasteiger charge is -2.18. The first kappa shape index (κ1) is 12.3. The molecular weight excluding hydrogens is 262 g/mol. The molecule has 0 bridgehead atoms. The number of rotatable bonds is 2. The number of aryl methyl sites for hydroxylation is 1. The summed E-state index contributed by atoms with van der Waals surface area (Å²) in [6.45, 7) is 2.01. The maximum Gasteiger partial charge on any atom is 0.0997 e. The van der Waals surface area contributed by atoms with Crippen LogP contribution in [-0.4, -0.2) is 25.9 Å². The second kappa shape index (κ2) is 4.86. The summed E-state index contributed by atoms with van der Waals surface area (Å²) in [5, 5.41) is 7.67. The van der Waals surface area contributed by atoms with E-state index >= 15 is 0 Å². The van der Waals surface area contributed by atoms with Gasteiger partial charge >= 0.3 is 0 Å². The molecule has 4 rings (SSSR count). The summed E-state index contributed by atoms with van der Waals surface area (Å²) < 4.78 is 3.93. The van der Waals surface area contributed by atoms with E-state index in [1.54, 1.807) is 0 Å². The molecule has 0 radical (unpaired) electrons. The first-order valence-corrected chi connectivity index (χ1v) is 7.15. The maximum atomic E-state index is 4.31. The molecule has 5 nitrogen and oxygen atoms in total. The molecule has 3 heterocycles. The standard InChI is InChI=1S/C16H17N5/c1-20-10-14(8-19-20)16-9-18-11-21(16)15-3-2-12-4-5-17-7-13(12)6-15/h2-3,6,8-11,17H,4-5,7H2,1H3. The van der Waals surface area contributed by atoms with Gasteiger partial charge in [0.25, 0.3) is 0 Å². The van der Waals surface area contributed by atoms with E-state index in [1.807, 2.05) is 36.6 Å². The van der Waals surface area contributed by atoms with Crippen molar-refractivity contribution in [1.29, 1.82) is 0 Å². The van der Waals surface area contributed by atoms with Crippen molar-refractivity contribution in [3.8, 4) is 16.9 Å². The Kier molecular flexibility index (Phi) is 2.86.